The minimum Gasteiger partial charge on any atom is -0.444 e. The molecular weight excluding hydrogens is 356 g/mol. The number of amides is 1. The number of carbonyl (C=O) groups is 1. The molecule has 0 heterocycles. The lowest BCUT2D eigenvalue weighted by Gasteiger charge is -2.38. The van der Waals surface area contributed by atoms with Gasteiger partial charge in [0.05, 0.1) is 0 Å². The van der Waals surface area contributed by atoms with Crippen molar-refractivity contribution in [2.75, 3.05) is 0 Å². The Balaban J connectivity index is 1.65. The van der Waals surface area contributed by atoms with Gasteiger partial charge in [0, 0.05) is 22.6 Å². The third-order valence-electron chi connectivity index (χ3n) is 3.83. The lowest BCUT2D eigenvalue weighted by molar-refractivity contribution is 0.0463. The number of halogens is 1. The largest absolute Gasteiger partial charge is 0.444 e. The van der Waals surface area contributed by atoms with E-state index in [0.717, 1.165) is 23.7 Å². The minimum absolute atomic E-state index is 0.224. The Kier molecular flexibility index (Phi) is 6.09. The Labute approximate surface area is 147 Å². The van der Waals surface area contributed by atoms with Gasteiger partial charge in [-0.25, -0.2) is 4.79 Å². The summed E-state index contributed by atoms with van der Waals surface area (Å²) in [5, 5.41) is 6.55. The van der Waals surface area contributed by atoms with Crippen LogP contribution in [0.2, 0.25) is 0 Å². The number of benzene rings is 1. The summed E-state index contributed by atoms with van der Waals surface area (Å²) in [6.07, 6.45) is 2.62. The molecular formula is C18H27BrN2O2. The van der Waals surface area contributed by atoms with Crippen LogP contribution in [-0.4, -0.2) is 29.8 Å². The molecule has 1 fully saturated rings. The van der Waals surface area contributed by atoms with Crippen molar-refractivity contribution in [1.29, 1.82) is 0 Å². The van der Waals surface area contributed by atoms with Crippen LogP contribution in [0.3, 0.4) is 0 Å². The minimum atomic E-state index is -0.440. The van der Waals surface area contributed by atoms with Crippen LogP contribution in [0.4, 0.5) is 4.79 Å². The van der Waals surface area contributed by atoms with Gasteiger partial charge in [0.25, 0.3) is 0 Å². The van der Waals surface area contributed by atoms with E-state index >= 15 is 0 Å². The number of hydrogen-bond donors (Lipinski definition) is 2. The summed E-state index contributed by atoms with van der Waals surface area (Å²) in [5.41, 5.74) is 0.890. The highest BCUT2D eigenvalue weighted by Crippen LogP contribution is 2.22. The van der Waals surface area contributed by atoms with Crippen LogP contribution >= 0.6 is 15.9 Å². The predicted octanol–water partition coefficient (Wildman–Crippen LogP) is 4.03. The van der Waals surface area contributed by atoms with Gasteiger partial charge in [-0.1, -0.05) is 28.1 Å². The molecule has 0 radical (unpaired) electrons. The first-order valence-corrected chi connectivity index (χ1v) is 9.00. The van der Waals surface area contributed by atoms with Crippen LogP contribution in [-0.2, 0) is 11.2 Å². The molecule has 1 saturated carbocycles. The summed E-state index contributed by atoms with van der Waals surface area (Å²) in [4.78, 5) is 11.7. The van der Waals surface area contributed by atoms with E-state index in [1.165, 1.54) is 5.56 Å². The highest BCUT2D eigenvalue weighted by molar-refractivity contribution is 9.10. The third kappa shape index (κ3) is 6.51. The molecule has 0 saturated heterocycles. The maximum Gasteiger partial charge on any atom is 0.407 e. The fourth-order valence-corrected chi connectivity index (χ4v) is 3.05. The quantitative estimate of drug-likeness (QED) is 0.807. The molecule has 4 nitrogen and oxygen atoms in total. The van der Waals surface area contributed by atoms with Crippen LogP contribution in [0, 0.1) is 0 Å². The first-order chi connectivity index (χ1) is 10.7. The molecule has 1 atom stereocenters. The van der Waals surface area contributed by atoms with Crippen LogP contribution < -0.4 is 10.6 Å². The number of alkyl carbamates (subject to hydrolysis) is 1. The SMILES string of the molecule is CC(Cc1ccc(Br)cc1)NC1CC(NC(=O)OC(C)(C)C)C1. The molecule has 2 rings (SSSR count). The summed E-state index contributed by atoms with van der Waals surface area (Å²) in [6.45, 7) is 7.83. The lowest BCUT2D eigenvalue weighted by atomic mass is 9.86. The van der Waals surface area contributed by atoms with Crippen molar-refractivity contribution >= 4 is 22.0 Å². The maximum absolute atomic E-state index is 11.7. The Morgan fingerprint density at radius 2 is 1.87 bits per heavy atom. The average molecular weight is 383 g/mol. The van der Waals surface area contributed by atoms with Gasteiger partial charge in [0.2, 0.25) is 0 Å². The van der Waals surface area contributed by atoms with E-state index in [4.69, 9.17) is 4.74 Å². The van der Waals surface area contributed by atoms with Gasteiger partial charge in [-0.05, 0) is 64.7 Å². The molecule has 2 N–H and O–H groups in total. The second-order valence-corrected chi connectivity index (χ2v) is 8.33. The summed E-state index contributed by atoms with van der Waals surface area (Å²) in [5.74, 6) is 0. The molecule has 5 heteroatoms. The second-order valence-electron chi connectivity index (χ2n) is 7.41. The van der Waals surface area contributed by atoms with Crippen LogP contribution in [0.15, 0.2) is 28.7 Å². The van der Waals surface area contributed by atoms with Crippen LogP contribution in [0.1, 0.15) is 46.1 Å². The van der Waals surface area contributed by atoms with Crippen molar-refractivity contribution in [3.8, 4) is 0 Å². The van der Waals surface area contributed by atoms with Gasteiger partial charge in [-0.3, -0.25) is 0 Å². The third-order valence-corrected chi connectivity index (χ3v) is 4.36. The number of rotatable bonds is 5. The molecule has 128 valence electrons. The highest BCUT2D eigenvalue weighted by Gasteiger charge is 2.32. The molecule has 0 aromatic heterocycles. The Hall–Kier alpha value is -1.07. The van der Waals surface area contributed by atoms with E-state index < -0.39 is 5.60 Å². The Morgan fingerprint density at radius 3 is 2.43 bits per heavy atom. The summed E-state index contributed by atoms with van der Waals surface area (Å²) >= 11 is 3.46. The van der Waals surface area contributed by atoms with E-state index in [-0.39, 0.29) is 12.1 Å². The highest BCUT2D eigenvalue weighted by atomic mass is 79.9. The van der Waals surface area contributed by atoms with E-state index in [9.17, 15) is 4.79 Å². The standard InChI is InChI=1S/C18H27BrN2O2/c1-12(9-13-5-7-14(19)8-6-13)20-15-10-16(11-15)21-17(22)23-18(2,3)4/h5-8,12,15-16,20H,9-11H2,1-4H3,(H,21,22). The number of hydrogen-bond acceptors (Lipinski definition) is 3. The van der Waals surface area contributed by atoms with Crippen molar-refractivity contribution in [1.82, 2.24) is 10.6 Å². The molecule has 1 amide bonds. The van der Waals surface area contributed by atoms with Crippen LogP contribution in [0.25, 0.3) is 0 Å². The summed E-state index contributed by atoms with van der Waals surface area (Å²) in [6, 6.07) is 9.57. The summed E-state index contributed by atoms with van der Waals surface area (Å²) in [7, 11) is 0. The van der Waals surface area contributed by atoms with Gasteiger partial charge >= 0.3 is 6.09 Å². The number of nitrogens with one attached hydrogen (secondary N) is 2. The topological polar surface area (TPSA) is 50.4 Å². The zero-order chi connectivity index (χ0) is 17.0. The predicted molar refractivity (Wildman–Crippen MR) is 96.6 cm³/mol. The van der Waals surface area contributed by atoms with E-state index in [1.807, 2.05) is 20.8 Å². The van der Waals surface area contributed by atoms with Gasteiger partial charge in [0.1, 0.15) is 5.60 Å². The smallest absolute Gasteiger partial charge is 0.407 e. The zero-order valence-electron chi connectivity index (χ0n) is 14.4. The number of ether oxygens (including phenoxy) is 1. The zero-order valence-corrected chi connectivity index (χ0v) is 15.9. The Morgan fingerprint density at radius 1 is 1.26 bits per heavy atom. The Bertz CT molecular complexity index is 519. The van der Waals surface area contributed by atoms with Crippen molar-refractivity contribution in [3.05, 3.63) is 34.3 Å². The fourth-order valence-electron chi connectivity index (χ4n) is 2.78. The van der Waals surface area contributed by atoms with E-state index in [0.29, 0.717) is 12.1 Å². The van der Waals surface area contributed by atoms with E-state index in [2.05, 4.69) is 57.8 Å². The molecule has 23 heavy (non-hydrogen) atoms. The van der Waals surface area contributed by atoms with Crippen LogP contribution in [0.5, 0.6) is 0 Å². The summed E-state index contributed by atoms with van der Waals surface area (Å²) < 4.78 is 6.38. The molecule has 1 unspecified atom stereocenters. The molecule has 1 aliphatic carbocycles. The normalized spacial score (nSPS) is 22.1. The average Bonchev–Trinajstić information content (AvgIpc) is 2.37. The first-order valence-electron chi connectivity index (χ1n) is 8.21. The lowest BCUT2D eigenvalue weighted by Crippen LogP contribution is -2.55. The van der Waals surface area contributed by atoms with Crippen molar-refractivity contribution in [2.24, 2.45) is 0 Å². The van der Waals surface area contributed by atoms with Crippen molar-refractivity contribution in [3.63, 3.8) is 0 Å². The van der Waals surface area contributed by atoms with Crippen molar-refractivity contribution in [2.45, 2.75) is 70.7 Å². The number of carbonyl (C=O) groups excluding carboxylic acids is 1. The molecule has 0 aliphatic heterocycles. The van der Waals surface area contributed by atoms with Gasteiger partial charge < -0.3 is 15.4 Å². The van der Waals surface area contributed by atoms with E-state index in [1.54, 1.807) is 0 Å². The van der Waals surface area contributed by atoms with Gasteiger partial charge in [-0.2, -0.15) is 0 Å². The maximum atomic E-state index is 11.7. The molecule has 1 aromatic carbocycles. The monoisotopic (exact) mass is 382 g/mol. The molecule has 0 bridgehead atoms. The molecule has 0 spiro atoms. The molecule has 1 aromatic rings. The van der Waals surface area contributed by atoms with Crippen molar-refractivity contribution < 1.29 is 9.53 Å². The fraction of sp³-hybridized carbons (Fsp3) is 0.611. The van der Waals surface area contributed by atoms with Gasteiger partial charge in [0.15, 0.2) is 0 Å². The second kappa shape index (κ2) is 7.67. The molecule has 1 aliphatic rings. The first kappa shape index (κ1) is 18.3. The van der Waals surface area contributed by atoms with Gasteiger partial charge in [-0.15, -0.1) is 0 Å².